The second-order valence-corrected chi connectivity index (χ2v) is 5.91. The van der Waals surface area contributed by atoms with E-state index in [1.54, 1.807) is 0 Å². The maximum atomic E-state index is 4.62. The maximum absolute atomic E-state index is 4.62. The molecule has 1 aliphatic heterocycles. The summed E-state index contributed by atoms with van der Waals surface area (Å²) in [5.74, 6) is 0. The number of pyridine rings is 1. The first-order valence-corrected chi connectivity index (χ1v) is 7.35. The third-order valence-corrected chi connectivity index (χ3v) is 4.07. The molecular weight excluding hydrogens is 288 g/mol. The molecule has 3 heteroatoms. The number of nitrogens with zero attached hydrogens (tertiary/aromatic N) is 2. The Labute approximate surface area is 116 Å². The Balaban J connectivity index is 2.16. The fourth-order valence-electron chi connectivity index (χ4n) is 2.71. The Kier molecular flexibility index (Phi) is 3.25. The van der Waals surface area contributed by atoms with E-state index in [0.29, 0.717) is 0 Å². The molecule has 0 unspecified atom stereocenters. The van der Waals surface area contributed by atoms with Crippen molar-refractivity contribution in [2.75, 3.05) is 18.0 Å². The van der Waals surface area contributed by atoms with Crippen LogP contribution in [0.25, 0.3) is 10.9 Å². The van der Waals surface area contributed by atoms with Crippen LogP contribution in [0.1, 0.15) is 25.0 Å². The van der Waals surface area contributed by atoms with Crippen LogP contribution in [0.5, 0.6) is 0 Å². The van der Waals surface area contributed by atoms with Crippen molar-refractivity contribution < 1.29 is 0 Å². The van der Waals surface area contributed by atoms with Crippen molar-refractivity contribution in [3.63, 3.8) is 0 Å². The zero-order valence-electron chi connectivity index (χ0n) is 10.6. The van der Waals surface area contributed by atoms with E-state index in [1.807, 2.05) is 0 Å². The highest BCUT2D eigenvalue weighted by atomic mass is 79.9. The Morgan fingerprint density at radius 2 is 1.89 bits per heavy atom. The molecule has 0 atom stereocenters. The zero-order chi connectivity index (χ0) is 12.5. The van der Waals surface area contributed by atoms with Crippen molar-refractivity contribution in [2.45, 2.75) is 26.2 Å². The minimum atomic E-state index is 1.10. The molecule has 0 bridgehead atoms. The molecule has 0 saturated carbocycles. The van der Waals surface area contributed by atoms with Gasteiger partial charge < -0.3 is 4.90 Å². The average molecular weight is 305 g/mol. The van der Waals surface area contributed by atoms with Crippen LogP contribution in [0.3, 0.4) is 0 Å². The summed E-state index contributed by atoms with van der Waals surface area (Å²) in [7, 11) is 0. The average Bonchev–Trinajstić information content (AvgIpc) is 2.39. The van der Waals surface area contributed by atoms with Gasteiger partial charge in [0.25, 0.3) is 0 Å². The van der Waals surface area contributed by atoms with Gasteiger partial charge in [0.15, 0.2) is 0 Å². The largest absolute Gasteiger partial charge is 0.371 e. The number of fused-ring (bicyclic) bond motifs is 1. The summed E-state index contributed by atoms with van der Waals surface area (Å²) in [6.07, 6.45) is 3.97. The first kappa shape index (κ1) is 12.0. The van der Waals surface area contributed by atoms with Gasteiger partial charge in [-0.2, -0.15) is 0 Å². The van der Waals surface area contributed by atoms with Crippen molar-refractivity contribution >= 4 is 32.5 Å². The molecule has 1 fully saturated rings. The Bertz CT molecular complexity index is 574. The molecule has 1 aromatic carbocycles. The fourth-order valence-corrected chi connectivity index (χ4v) is 3.07. The molecule has 1 aliphatic rings. The van der Waals surface area contributed by atoms with Gasteiger partial charge >= 0.3 is 0 Å². The monoisotopic (exact) mass is 304 g/mol. The third-order valence-electron chi connectivity index (χ3n) is 3.57. The predicted octanol–water partition coefficient (Wildman–Crippen LogP) is 4.30. The van der Waals surface area contributed by atoms with E-state index < -0.39 is 0 Å². The second-order valence-electron chi connectivity index (χ2n) is 4.99. The van der Waals surface area contributed by atoms with Crippen LogP contribution in [0.4, 0.5) is 5.69 Å². The minimum absolute atomic E-state index is 1.10. The lowest BCUT2D eigenvalue weighted by Crippen LogP contribution is -2.29. The molecule has 0 aliphatic carbocycles. The van der Waals surface area contributed by atoms with Crippen molar-refractivity contribution in [1.29, 1.82) is 0 Å². The molecule has 1 aromatic heterocycles. The summed E-state index contributed by atoms with van der Waals surface area (Å²) in [4.78, 5) is 7.13. The van der Waals surface area contributed by atoms with Gasteiger partial charge in [-0.1, -0.05) is 15.9 Å². The van der Waals surface area contributed by atoms with Gasteiger partial charge in [0, 0.05) is 34.3 Å². The summed E-state index contributed by atoms with van der Waals surface area (Å²) in [6, 6.07) is 8.57. The van der Waals surface area contributed by atoms with Gasteiger partial charge in [0.2, 0.25) is 0 Å². The number of aromatic nitrogens is 1. The molecule has 3 rings (SSSR count). The Morgan fingerprint density at radius 1 is 1.11 bits per heavy atom. The smallest absolute Gasteiger partial charge is 0.0726 e. The molecule has 18 heavy (non-hydrogen) atoms. The van der Waals surface area contributed by atoms with Crippen LogP contribution in [0.2, 0.25) is 0 Å². The third kappa shape index (κ3) is 2.24. The molecular formula is C15H17BrN2. The maximum Gasteiger partial charge on any atom is 0.0726 e. The minimum Gasteiger partial charge on any atom is -0.371 e. The number of halogens is 1. The normalized spacial score (nSPS) is 16.2. The van der Waals surface area contributed by atoms with E-state index in [2.05, 4.69) is 57.0 Å². The van der Waals surface area contributed by atoms with E-state index >= 15 is 0 Å². The van der Waals surface area contributed by atoms with Gasteiger partial charge in [0.05, 0.1) is 5.52 Å². The number of rotatable bonds is 1. The standard InChI is InChI=1S/C15H17BrN2/c1-11-9-15(18-7-3-2-4-8-18)13-10-12(16)5-6-14(13)17-11/h5-6,9-10H,2-4,7-8H2,1H3. The zero-order valence-corrected chi connectivity index (χ0v) is 12.2. The molecule has 2 aromatic rings. The molecule has 0 amide bonds. The molecule has 1 saturated heterocycles. The first-order chi connectivity index (χ1) is 8.74. The van der Waals surface area contributed by atoms with Gasteiger partial charge in [-0.15, -0.1) is 0 Å². The van der Waals surface area contributed by atoms with Gasteiger partial charge in [-0.3, -0.25) is 4.98 Å². The van der Waals surface area contributed by atoms with Crippen LogP contribution >= 0.6 is 15.9 Å². The molecule has 0 N–H and O–H groups in total. The SMILES string of the molecule is Cc1cc(N2CCCCC2)c2cc(Br)ccc2n1. The Morgan fingerprint density at radius 3 is 2.67 bits per heavy atom. The summed E-state index contributed by atoms with van der Waals surface area (Å²) >= 11 is 3.56. The summed E-state index contributed by atoms with van der Waals surface area (Å²) in [5, 5.41) is 1.26. The lowest BCUT2D eigenvalue weighted by Gasteiger charge is -2.30. The van der Waals surface area contributed by atoms with Crippen LogP contribution in [-0.2, 0) is 0 Å². The number of anilines is 1. The predicted molar refractivity (Wildman–Crippen MR) is 80.2 cm³/mol. The second kappa shape index (κ2) is 4.88. The van der Waals surface area contributed by atoms with Crippen molar-refractivity contribution in [1.82, 2.24) is 4.98 Å². The lowest BCUT2D eigenvalue weighted by atomic mass is 10.1. The summed E-state index contributed by atoms with van der Waals surface area (Å²) in [6.45, 7) is 4.42. The topological polar surface area (TPSA) is 16.1 Å². The van der Waals surface area contributed by atoms with E-state index in [9.17, 15) is 0 Å². The highest BCUT2D eigenvalue weighted by Gasteiger charge is 2.14. The number of piperidine rings is 1. The van der Waals surface area contributed by atoms with E-state index in [-0.39, 0.29) is 0 Å². The molecule has 0 radical (unpaired) electrons. The highest BCUT2D eigenvalue weighted by molar-refractivity contribution is 9.10. The Hall–Kier alpha value is -1.09. The number of hydrogen-bond acceptors (Lipinski definition) is 2. The van der Waals surface area contributed by atoms with Gasteiger partial charge in [-0.05, 0) is 50.5 Å². The van der Waals surface area contributed by atoms with Crippen LogP contribution in [0.15, 0.2) is 28.7 Å². The van der Waals surface area contributed by atoms with Crippen LogP contribution in [0, 0.1) is 6.92 Å². The van der Waals surface area contributed by atoms with Crippen molar-refractivity contribution in [2.24, 2.45) is 0 Å². The van der Waals surface area contributed by atoms with Gasteiger partial charge in [0.1, 0.15) is 0 Å². The van der Waals surface area contributed by atoms with Gasteiger partial charge in [-0.25, -0.2) is 0 Å². The summed E-state index contributed by atoms with van der Waals surface area (Å²) < 4.78 is 1.12. The van der Waals surface area contributed by atoms with E-state index in [4.69, 9.17) is 0 Å². The molecule has 94 valence electrons. The highest BCUT2D eigenvalue weighted by Crippen LogP contribution is 2.30. The molecule has 2 heterocycles. The van der Waals surface area contributed by atoms with Crippen molar-refractivity contribution in [3.8, 4) is 0 Å². The van der Waals surface area contributed by atoms with E-state index in [1.165, 1.54) is 43.4 Å². The number of aryl methyl sites for hydroxylation is 1. The van der Waals surface area contributed by atoms with Crippen LogP contribution in [-0.4, -0.2) is 18.1 Å². The fraction of sp³-hybridized carbons (Fsp3) is 0.400. The molecule has 2 nitrogen and oxygen atoms in total. The number of hydrogen-bond donors (Lipinski definition) is 0. The lowest BCUT2D eigenvalue weighted by molar-refractivity contribution is 0.579. The number of benzene rings is 1. The van der Waals surface area contributed by atoms with Crippen molar-refractivity contribution in [3.05, 3.63) is 34.4 Å². The van der Waals surface area contributed by atoms with Crippen LogP contribution < -0.4 is 4.90 Å². The quantitative estimate of drug-likeness (QED) is 0.781. The molecule has 0 spiro atoms. The first-order valence-electron chi connectivity index (χ1n) is 6.56. The van der Waals surface area contributed by atoms with E-state index in [0.717, 1.165) is 15.7 Å². The summed E-state index contributed by atoms with van der Waals surface area (Å²) in [5.41, 5.74) is 3.54.